The Morgan fingerprint density at radius 1 is 1.07 bits per heavy atom. The molecule has 0 saturated heterocycles. The molecule has 0 bridgehead atoms. The number of likely N-dealkylation sites (N-methyl/N-ethyl adjacent to an activating group) is 1. The zero-order valence-electron chi connectivity index (χ0n) is 14.8. The molecule has 0 aromatic heterocycles. The number of amides is 2. The standard InChI is InChI=1S/C19H19F3N2O2S/c1-13-7-9-14(10-8-13)27-12-18(26)24(2)11-17(25)23-16-6-4-3-5-15(16)19(20,21)22/h3-10H,11-12H2,1-2H3,(H,23,25). The lowest BCUT2D eigenvalue weighted by Gasteiger charge is -2.18. The molecule has 0 spiro atoms. The molecule has 2 aromatic rings. The van der Waals surface area contributed by atoms with Crippen molar-refractivity contribution in [2.24, 2.45) is 0 Å². The molecule has 0 saturated carbocycles. The number of aryl methyl sites for hydroxylation is 1. The fraction of sp³-hybridized carbons (Fsp3) is 0.263. The number of anilines is 1. The zero-order valence-corrected chi connectivity index (χ0v) is 15.7. The Hall–Kier alpha value is -2.48. The number of carbonyl (C=O) groups is 2. The highest BCUT2D eigenvalue weighted by molar-refractivity contribution is 8.00. The molecule has 0 aliphatic rings. The average molecular weight is 396 g/mol. The summed E-state index contributed by atoms with van der Waals surface area (Å²) in [6, 6.07) is 12.4. The fourth-order valence-corrected chi connectivity index (χ4v) is 3.06. The van der Waals surface area contributed by atoms with Gasteiger partial charge in [0.05, 0.1) is 23.5 Å². The van der Waals surface area contributed by atoms with Crippen LogP contribution in [0.2, 0.25) is 0 Å². The summed E-state index contributed by atoms with van der Waals surface area (Å²) in [5, 5.41) is 2.22. The van der Waals surface area contributed by atoms with Gasteiger partial charge in [0.25, 0.3) is 0 Å². The average Bonchev–Trinajstić information content (AvgIpc) is 2.60. The topological polar surface area (TPSA) is 49.4 Å². The van der Waals surface area contributed by atoms with Crippen molar-refractivity contribution in [1.29, 1.82) is 0 Å². The van der Waals surface area contributed by atoms with Gasteiger partial charge in [-0.1, -0.05) is 29.8 Å². The van der Waals surface area contributed by atoms with Crippen molar-refractivity contribution in [3.63, 3.8) is 0 Å². The van der Waals surface area contributed by atoms with E-state index in [1.165, 1.54) is 41.9 Å². The first-order valence-electron chi connectivity index (χ1n) is 8.06. The number of para-hydroxylation sites is 1. The van der Waals surface area contributed by atoms with Crippen LogP contribution in [0.25, 0.3) is 0 Å². The number of thioether (sulfide) groups is 1. The lowest BCUT2D eigenvalue weighted by Crippen LogP contribution is -2.36. The number of halogens is 3. The van der Waals surface area contributed by atoms with Crippen LogP contribution in [-0.2, 0) is 15.8 Å². The first-order valence-corrected chi connectivity index (χ1v) is 9.05. The van der Waals surface area contributed by atoms with Gasteiger partial charge < -0.3 is 10.2 Å². The van der Waals surface area contributed by atoms with E-state index in [0.717, 1.165) is 16.5 Å². The third-order valence-corrected chi connectivity index (χ3v) is 4.69. The van der Waals surface area contributed by atoms with E-state index in [9.17, 15) is 22.8 Å². The third kappa shape index (κ3) is 6.32. The predicted molar refractivity (Wildman–Crippen MR) is 99.6 cm³/mol. The van der Waals surface area contributed by atoms with Gasteiger partial charge in [-0.05, 0) is 31.2 Å². The number of carbonyl (C=O) groups excluding carboxylic acids is 2. The summed E-state index contributed by atoms with van der Waals surface area (Å²) in [4.78, 5) is 26.3. The molecule has 0 atom stereocenters. The molecule has 8 heteroatoms. The van der Waals surface area contributed by atoms with Crippen LogP contribution < -0.4 is 5.32 Å². The van der Waals surface area contributed by atoms with Crippen molar-refractivity contribution in [1.82, 2.24) is 4.90 Å². The number of hydrogen-bond donors (Lipinski definition) is 1. The minimum atomic E-state index is -4.57. The summed E-state index contributed by atoms with van der Waals surface area (Å²) in [7, 11) is 1.44. The fourth-order valence-electron chi connectivity index (χ4n) is 2.22. The SMILES string of the molecule is Cc1ccc(SCC(=O)N(C)CC(=O)Nc2ccccc2C(F)(F)F)cc1. The molecule has 0 heterocycles. The van der Waals surface area contributed by atoms with Crippen molar-refractivity contribution in [3.05, 3.63) is 59.7 Å². The molecular formula is C19H19F3N2O2S. The molecule has 0 radical (unpaired) electrons. The Morgan fingerprint density at radius 3 is 2.33 bits per heavy atom. The van der Waals surface area contributed by atoms with Crippen LogP contribution in [-0.4, -0.2) is 36.1 Å². The summed E-state index contributed by atoms with van der Waals surface area (Å²) < 4.78 is 38.9. The van der Waals surface area contributed by atoms with Crippen molar-refractivity contribution in [3.8, 4) is 0 Å². The molecule has 2 rings (SSSR count). The maximum Gasteiger partial charge on any atom is 0.418 e. The van der Waals surface area contributed by atoms with Gasteiger partial charge in [-0.25, -0.2) is 0 Å². The van der Waals surface area contributed by atoms with Gasteiger partial charge in [-0.15, -0.1) is 11.8 Å². The highest BCUT2D eigenvalue weighted by atomic mass is 32.2. The Balaban J connectivity index is 1.90. The van der Waals surface area contributed by atoms with Gasteiger partial charge in [-0.3, -0.25) is 9.59 Å². The largest absolute Gasteiger partial charge is 0.418 e. The van der Waals surface area contributed by atoms with E-state index >= 15 is 0 Å². The van der Waals surface area contributed by atoms with Crippen LogP contribution in [0.4, 0.5) is 18.9 Å². The van der Waals surface area contributed by atoms with Crippen LogP contribution >= 0.6 is 11.8 Å². The second kappa shape index (κ2) is 8.94. The predicted octanol–water partition coefficient (Wildman–Crippen LogP) is 4.20. The quantitative estimate of drug-likeness (QED) is 0.745. The summed E-state index contributed by atoms with van der Waals surface area (Å²) in [6.07, 6.45) is -4.57. The van der Waals surface area contributed by atoms with Gasteiger partial charge in [0.2, 0.25) is 11.8 Å². The van der Waals surface area contributed by atoms with Crippen LogP contribution in [0.15, 0.2) is 53.4 Å². The maximum absolute atomic E-state index is 13.0. The molecule has 0 unspecified atom stereocenters. The molecule has 0 aliphatic heterocycles. The van der Waals surface area contributed by atoms with Crippen molar-refractivity contribution in [2.45, 2.75) is 18.0 Å². The number of rotatable bonds is 6. The lowest BCUT2D eigenvalue weighted by atomic mass is 10.1. The molecule has 2 amide bonds. The maximum atomic E-state index is 13.0. The number of nitrogens with one attached hydrogen (secondary N) is 1. The second-order valence-corrected chi connectivity index (χ2v) is 6.99. The van der Waals surface area contributed by atoms with Crippen molar-refractivity contribution < 1.29 is 22.8 Å². The Morgan fingerprint density at radius 2 is 1.70 bits per heavy atom. The number of hydrogen-bond acceptors (Lipinski definition) is 3. The van der Waals surface area contributed by atoms with Crippen LogP contribution in [0.3, 0.4) is 0 Å². The zero-order chi connectivity index (χ0) is 20.0. The van der Waals surface area contributed by atoms with E-state index in [1.807, 2.05) is 31.2 Å². The highest BCUT2D eigenvalue weighted by Crippen LogP contribution is 2.34. The molecule has 27 heavy (non-hydrogen) atoms. The van der Waals surface area contributed by atoms with Gasteiger partial charge in [0.1, 0.15) is 0 Å². The van der Waals surface area contributed by atoms with Gasteiger partial charge in [-0.2, -0.15) is 13.2 Å². The molecule has 144 valence electrons. The van der Waals surface area contributed by atoms with Crippen LogP contribution in [0.5, 0.6) is 0 Å². The van der Waals surface area contributed by atoms with E-state index in [2.05, 4.69) is 5.32 Å². The summed E-state index contributed by atoms with van der Waals surface area (Å²) in [5.41, 5.74) is -0.147. The van der Waals surface area contributed by atoms with Crippen molar-refractivity contribution >= 4 is 29.3 Å². The van der Waals surface area contributed by atoms with E-state index in [-0.39, 0.29) is 23.9 Å². The third-order valence-electron chi connectivity index (χ3n) is 3.70. The number of nitrogens with zero attached hydrogens (tertiary/aromatic N) is 1. The van der Waals surface area contributed by atoms with Gasteiger partial charge >= 0.3 is 6.18 Å². The smallest absolute Gasteiger partial charge is 0.336 e. The molecule has 2 aromatic carbocycles. The first kappa shape index (κ1) is 20.8. The molecule has 0 aliphatic carbocycles. The molecule has 0 fully saturated rings. The minimum Gasteiger partial charge on any atom is -0.336 e. The molecule has 1 N–H and O–H groups in total. The monoisotopic (exact) mass is 396 g/mol. The lowest BCUT2D eigenvalue weighted by molar-refractivity contribution is -0.137. The van der Waals surface area contributed by atoms with E-state index in [1.54, 1.807) is 0 Å². The number of benzene rings is 2. The van der Waals surface area contributed by atoms with Gasteiger partial charge in [0, 0.05) is 11.9 Å². The molecular weight excluding hydrogens is 377 g/mol. The summed E-state index contributed by atoms with van der Waals surface area (Å²) in [5.74, 6) is -0.853. The second-order valence-electron chi connectivity index (χ2n) is 5.94. The Bertz CT molecular complexity index is 807. The van der Waals surface area contributed by atoms with E-state index in [4.69, 9.17) is 0 Å². The van der Waals surface area contributed by atoms with Crippen molar-refractivity contribution in [2.75, 3.05) is 24.7 Å². The van der Waals surface area contributed by atoms with E-state index < -0.39 is 17.6 Å². The normalized spacial score (nSPS) is 11.1. The minimum absolute atomic E-state index is 0.131. The summed E-state index contributed by atoms with van der Waals surface area (Å²) in [6.45, 7) is 1.63. The van der Waals surface area contributed by atoms with Gasteiger partial charge in [0.15, 0.2) is 0 Å². The first-order chi connectivity index (χ1) is 12.7. The van der Waals surface area contributed by atoms with Crippen LogP contribution in [0, 0.1) is 6.92 Å². The Kier molecular flexibility index (Phi) is 6.90. The van der Waals surface area contributed by atoms with E-state index in [0.29, 0.717) is 0 Å². The molecule has 4 nitrogen and oxygen atoms in total. The summed E-state index contributed by atoms with van der Waals surface area (Å²) >= 11 is 1.33. The number of alkyl halides is 3. The highest BCUT2D eigenvalue weighted by Gasteiger charge is 2.33. The Labute approximate surface area is 159 Å². The van der Waals surface area contributed by atoms with Crippen LogP contribution in [0.1, 0.15) is 11.1 Å².